The van der Waals surface area contributed by atoms with Gasteiger partial charge in [0.05, 0.1) is 6.54 Å². The summed E-state index contributed by atoms with van der Waals surface area (Å²) < 4.78 is 2.13. The third-order valence-corrected chi connectivity index (χ3v) is 3.01. The minimum Gasteiger partial charge on any atom is -0.326 e. The van der Waals surface area contributed by atoms with Crippen molar-refractivity contribution in [1.29, 1.82) is 0 Å². The number of hydrogen-bond acceptors (Lipinski definition) is 4. The molecule has 0 spiro atoms. The summed E-state index contributed by atoms with van der Waals surface area (Å²) >= 11 is 0. The maximum Gasteiger partial charge on any atom is 0.147 e. The van der Waals surface area contributed by atoms with Crippen molar-refractivity contribution in [2.45, 2.75) is 45.3 Å². The molecule has 0 aromatic carbocycles. The van der Waals surface area contributed by atoms with Crippen LogP contribution in [-0.4, -0.2) is 38.3 Å². The lowest BCUT2D eigenvalue weighted by Gasteiger charge is -2.28. The Hall–Kier alpha value is -0.940. The fourth-order valence-corrected chi connectivity index (χ4v) is 2.07. The first-order chi connectivity index (χ1) is 7.54. The molecule has 0 bridgehead atoms. The van der Waals surface area contributed by atoms with Crippen LogP contribution in [0.25, 0.3) is 0 Å². The molecule has 0 amide bonds. The van der Waals surface area contributed by atoms with E-state index in [9.17, 15) is 0 Å². The van der Waals surface area contributed by atoms with Crippen molar-refractivity contribution in [2.75, 3.05) is 13.1 Å². The highest BCUT2D eigenvalue weighted by atomic mass is 15.3. The molecule has 0 aliphatic carbocycles. The Morgan fingerprint density at radius 1 is 1.44 bits per heavy atom. The quantitative estimate of drug-likeness (QED) is 0.812. The molecule has 0 saturated heterocycles. The zero-order chi connectivity index (χ0) is 11.6. The summed E-state index contributed by atoms with van der Waals surface area (Å²) in [7, 11) is 0. The van der Waals surface area contributed by atoms with Gasteiger partial charge in [0.25, 0.3) is 0 Å². The van der Waals surface area contributed by atoms with Crippen molar-refractivity contribution in [3.63, 3.8) is 0 Å². The second-order valence-electron chi connectivity index (χ2n) is 5.31. The molecule has 16 heavy (non-hydrogen) atoms. The van der Waals surface area contributed by atoms with Gasteiger partial charge < -0.3 is 10.3 Å². The molecular formula is C11H21N5. The number of fused-ring (bicyclic) bond motifs is 1. The van der Waals surface area contributed by atoms with Crippen LogP contribution in [0.1, 0.15) is 32.5 Å². The second-order valence-corrected chi connectivity index (χ2v) is 5.31. The summed E-state index contributed by atoms with van der Waals surface area (Å²) in [6, 6.07) is 0. The third kappa shape index (κ3) is 3.02. The highest BCUT2D eigenvalue weighted by molar-refractivity contribution is 4.89. The molecule has 1 aliphatic heterocycles. The highest BCUT2D eigenvalue weighted by Gasteiger charge is 2.17. The van der Waals surface area contributed by atoms with Gasteiger partial charge in [-0.2, -0.15) is 0 Å². The van der Waals surface area contributed by atoms with E-state index in [1.165, 1.54) is 0 Å². The van der Waals surface area contributed by atoms with Crippen LogP contribution >= 0.6 is 0 Å². The molecule has 0 saturated carbocycles. The van der Waals surface area contributed by atoms with Crippen molar-refractivity contribution in [2.24, 2.45) is 5.73 Å². The molecule has 5 nitrogen and oxygen atoms in total. The Morgan fingerprint density at radius 3 is 3.00 bits per heavy atom. The van der Waals surface area contributed by atoms with Crippen molar-refractivity contribution < 1.29 is 0 Å². The highest BCUT2D eigenvalue weighted by Crippen LogP contribution is 2.12. The molecule has 0 atom stereocenters. The van der Waals surface area contributed by atoms with E-state index in [0.29, 0.717) is 0 Å². The van der Waals surface area contributed by atoms with Crippen molar-refractivity contribution in [1.82, 2.24) is 19.7 Å². The van der Waals surface area contributed by atoms with Gasteiger partial charge in [-0.1, -0.05) is 0 Å². The van der Waals surface area contributed by atoms with Crippen LogP contribution in [0, 0.1) is 0 Å². The summed E-state index contributed by atoms with van der Waals surface area (Å²) in [5, 5.41) is 8.03. The number of nitrogens with zero attached hydrogens (tertiary/aromatic N) is 4. The minimum atomic E-state index is -0.0458. The Labute approximate surface area is 96.6 Å². The van der Waals surface area contributed by atoms with Crippen LogP contribution in [0.5, 0.6) is 0 Å². The molecule has 1 aliphatic rings. The van der Waals surface area contributed by atoms with E-state index in [2.05, 4.69) is 33.5 Å². The zero-order valence-corrected chi connectivity index (χ0v) is 10.2. The Balaban J connectivity index is 1.77. The van der Waals surface area contributed by atoms with E-state index in [0.717, 1.165) is 44.8 Å². The van der Waals surface area contributed by atoms with Crippen molar-refractivity contribution in [3.8, 4) is 0 Å². The summed E-state index contributed by atoms with van der Waals surface area (Å²) in [5.74, 6) is 1.08. The maximum atomic E-state index is 5.97. The molecule has 2 heterocycles. The molecule has 90 valence electrons. The lowest BCUT2D eigenvalue weighted by atomic mass is 10.00. The third-order valence-electron chi connectivity index (χ3n) is 3.01. The van der Waals surface area contributed by atoms with E-state index in [-0.39, 0.29) is 5.54 Å². The second kappa shape index (κ2) is 4.51. The average Bonchev–Trinajstić information content (AvgIpc) is 2.62. The normalized spacial score (nSPS) is 17.4. The predicted molar refractivity (Wildman–Crippen MR) is 62.8 cm³/mol. The fourth-order valence-electron chi connectivity index (χ4n) is 2.07. The van der Waals surface area contributed by atoms with Gasteiger partial charge in [0.1, 0.15) is 12.2 Å². The van der Waals surface area contributed by atoms with E-state index in [1.54, 1.807) is 0 Å². The Morgan fingerprint density at radius 2 is 2.25 bits per heavy atom. The van der Waals surface area contributed by atoms with Crippen LogP contribution in [0.3, 0.4) is 0 Å². The average molecular weight is 223 g/mol. The first-order valence-corrected chi connectivity index (χ1v) is 5.92. The lowest BCUT2D eigenvalue weighted by molar-refractivity contribution is 0.208. The van der Waals surface area contributed by atoms with Gasteiger partial charge in [-0.25, -0.2) is 0 Å². The number of nitrogens with two attached hydrogens (primary N) is 1. The number of aromatic nitrogens is 3. The van der Waals surface area contributed by atoms with Gasteiger partial charge in [-0.05, 0) is 33.2 Å². The Kier molecular flexibility index (Phi) is 3.25. The molecule has 5 heteroatoms. The number of rotatable bonds is 4. The number of hydrogen-bond donors (Lipinski definition) is 1. The van der Waals surface area contributed by atoms with E-state index < -0.39 is 0 Å². The molecule has 0 radical (unpaired) electrons. The van der Waals surface area contributed by atoms with Gasteiger partial charge in [0.15, 0.2) is 0 Å². The Bertz CT molecular complexity index is 338. The molecule has 1 aromatic rings. The van der Waals surface area contributed by atoms with Gasteiger partial charge in [0.2, 0.25) is 0 Å². The zero-order valence-electron chi connectivity index (χ0n) is 10.2. The van der Waals surface area contributed by atoms with Gasteiger partial charge in [-0.15, -0.1) is 10.2 Å². The SMILES string of the molecule is CC(C)(N)CCCN1CCn2cnnc2C1. The molecule has 0 unspecified atom stereocenters. The largest absolute Gasteiger partial charge is 0.326 e. The monoisotopic (exact) mass is 223 g/mol. The molecular weight excluding hydrogens is 202 g/mol. The van der Waals surface area contributed by atoms with Crippen molar-refractivity contribution in [3.05, 3.63) is 12.2 Å². The van der Waals surface area contributed by atoms with Crippen LogP contribution in [0.2, 0.25) is 0 Å². The molecule has 2 rings (SSSR count). The smallest absolute Gasteiger partial charge is 0.147 e. The van der Waals surface area contributed by atoms with E-state index in [4.69, 9.17) is 5.73 Å². The minimum absolute atomic E-state index is 0.0458. The summed E-state index contributed by atoms with van der Waals surface area (Å²) in [6.07, 6.45) is 4.03. The van der Waals surface area contributed by atoms with E-state index >= 15 is 0 Å². The molecule has 1 aromatic heterocycles. The predicted octanol–water partition coefficient (Wildman–Crippen LogP) is 0.611. The van der Waals surface area contributed by atoms with Gasteiger partial charge in [-0.3, -0.25) is 4.90 Å². The molecule has 0 fully saturated rings. The van der Waals surface area contributed by atoms with Gasteiger partial charge in [0, 0.05) is 18.6 Å². The fraction of sp³-hybridized carbons (Fsp3) is 0.818. The van der Waals surface area contributed by atoms with Crippen LogP contribution in [0.4, 0.5) is 0 Å². The van der Waals surface area contributed by atoms with Crippen LogP contribution in [0.15, 0.2) is 6.33 Å². The lowest BCUT2D eigenvalue weighted by Crippen LogP contribution is -2.36. The summed E-state index contributed by atoms with van der Waals surface area (Å²) in [4.78, 5) is 2.43. The van der Waals surface area contributed by atoms with Gasteiger partial charge >= 0.3 is 0 Å². The summed E-state index contributed by atoms with van der Waals surface area (Å²) in [5.41, 5.74) is 5.92. The standard InChI is InChI=1S/C11H21N5/c1-11(2,12)4-3-5-15-6-7-16-9-13-14-10(16)8-15/h9H,3-8,12H2,1-2H3. The summed E-state index contributed by atoms with van der Waals surface area (Å²) in [6.45, 7) is 8.29. The van der Waals surface area contributed by atoms with Crippen LogP contribution < -0.4 is 5.73 Å². The van der Waals surface area contributed by atoms with E-state index in [1.807, 2.05) is 6.33 Å². The van der Waals surface area contributed by atoms with Crippen LogP contribution in [-0.2, 0) is 13.1 Å². The first-order valence-electron chi connectivity index (χ1n) is 5.92. The topological polar surface area (TPSA) is 60.0 Å². The maximum absolute atomic E-state index is 5.97. The van der Waals surface area contributed by atoms with Crippen molar-refractivity contribution >= 4 is 0 Å². The molecule has 2 N–H and O–H groups in total. The first kappa shape index (κ1) is 11.5.